The van der Waals surface area contributed by atoms with Crippen molar-refractivity contribution < 1.29 is 0 Å². The number of nitrogens with two attached hydrogens (primary N) is 1. The summed E-state index contributed by atoms with van der Waals surface area (Å²) in [6.45, 7) is 3.70. The Kier molecular flexibility index (Phi) is 3.76. The third-order valence-electron chi connectivity index (χ3n) is 1.80. The second-order valence-corrected chi connectivity index (χ2v) is 2.94. The Morgan fingerprint density at radius 2 is 2.58 bits per heavy atom. The minimum absolute atomic E-state index is 0.471. The summed E-state index contributed by atoms with van der Waals surface area (Å²) in [5.74, 6) is 0. The van der Waals surface area contributed by atoms with Gasteiger partial charge in [-0.1, -0.05) is 0 Å². The molecule has 1 aromatic heterocycles. The number of aromatic nitrogens is 2. The number of aromatic amines is 1. The molecular formula is C8H16N4. The van der Waals surface area contributed by atoms with Crippen LogP contribution >= 0.6 is 0 Å². The van der Waals surface area contributed by atoms with Gasteiger partial charge in [-0.15, -0.1) is 0 Å². The van der Waals surface area contributed by atoms with Crippen LogP contribution in [-0.2, 0) is 6.54 Å². The Balaban J connectivity index is 2.17. The highest BCUT2D eigenvalue weighted by atomic mass is 15.0. The van der Waals surface area contributed by atoms with E-state index >= 15 is 0 Å². The zero-order valence-corrected chi connectivity index (χ0v) is 7.38. The Labute approximate surface area is 72.6 Å². The lowest BCUT2D eigenvalue weighted by atomic mass is 10.2. The van der Waals surface area contributed by atoms with E-state index in [0.29, 0.717) is 6.04 Å². The molecule has 0 fully saturated rings. The van der Waals surface area contributed by atoms with Crippen molar-refractivity contribution in [2.24, 2.45) is 5.73 Å². The third kappa shape index (κ3) is 3.02. The largest absolute Gasteiger partial charge is 0.347 e. The molecule has 0 aliphatic carbocycles. The maximum absolute atomic E-state index is 5.42. The molecule has 4 nitrogen and oxygen atoms in total. The standard InChI is InChI=1S/C8H16N4/c1-7(2-3-9)11-5-8-4-10-6-12-8/h4,6-7,11H,2-3,5,9H2,1H3,(H,10,12). The van der Waals surface area contributed by atoms with Gasteiger partial charge in [-0.2, -0.15) is 0 Å². The van der Waals surface area contributed by atoms with E-state index in [2.05, 4.69) is 22.2 Å². The molecule has 0 spiro atoms. The first-order chi connectivity index (χ1) is 5.83. The Hall–Kier alpha value is -0.870. The summed E-state index contributed by atoms with van der Waals surface area (Å²) in [6, 6.07) is 0.471. The molecule has 4 N–H and O–H groups in total. The second kappa shape index (κ2) is 4.90. The zero-order chi connectivity index (χ0) is 8.81. The molecule has 1 aromatic rings. The van der Waals surface area contributed by atoms with Crippen molar-refractivity contribution in [3.05, 3.63) is 18.2 Å². The molecule has 0 bridgehead atoms. The quantitative estimate of drug-likeness (QED) is 0.590. The number of nitrogens with zero attached hydrogens (tertiary/aromatic N) is 1. The van der Waals surface area contributed by atoms with Gasteiger partial charge in [0.25, 0.3) is 0 Å². The highest BCUT2D eigenvalue weighted by Gasteiger charge is 1.99. The number of H-pyrrole nitrogens is 1. The second-order valence-electron chi connectivity index (χ2n) is 2.94. The van der Waals surface area contributed by atoms with E-state index in [0.717, 1.165) is 25.2 Å². The van der Waals surface area contributed by atoms with Gasteiger partial charge in [0.15, 0.2) is 0 Å². The fraction of sp³-hybridized carbons (Fsp3) is 0.625. The van der Waals surface area contributed by atoms with E-state index in [1.165, 1.54) is 0 Å². The number of imidazole rings is 1. The molecular weight excluding hydrogens is 152 g/mol. The van der Waals surface area contributed by atoms with Gasteiger partial charge >= 0.3 is 0 Å². The van der Waals surface area contributed by atoms with Crippen molar-refractivity contribution in [1.29, 1.82) is 0 Å². The van der Waals surface area contributed by atoms with Crippen molar-refractivity contribution in [3.8, 4) is 0 Å². The van der Waals surface area contributed by atoms with Gasteiger partial charge in [-0.25, -0.2) is 4.98 Å². The van der Waals surface area contributed by atoms with Gasteiger partial charge in [0.05, 0.1) is 6.33 Å². The maximum Gasteiger partial charge on any atom is 0.0922 e. The Morgan fingerprint density at radius 3 is 3.17 bits per heavy atom. The number of hydrogen-bond donors (Lipinski definition) is 3. The van der Waals surface area contributed by atoms with Crippen LogP contribution in [0.3, 0.4) is 0 Å². The van der Waals surface area contributed by atoms with E-state index in [4.69, 9.17) is 5.73 Å². The first kappa shape index (κ1) is 9.22. The van der Waals surface area contributed by atoms with Gasteiger partial charge in [-0.05, 0) is 19.9 Å². The first-order valence-electron chi connectivity index (χ1n) is 4.23. The normalized spacial score (nSPS) is 13.2. The molecule has 0 saturated carbocycles. The van der Waals surface area contributed by atoms with Crippen molar-refractivity contribution in [2.75, 3.05) is 6.54 Å². The molecule has 0 radical (unpaired) electrons. The molecule has 0 aliphatic heterocycles. The number of nitrogens with one attached hydrogen (secondary N) is 2. The number of hydrogen-bond acceptors (Lipinski definition) is 3. The van der Waals surface area contributed by atoms with E-state index < -0.39 is 0 Å². The monoisotopic (exact) mass is 168 g/mol. The van der Waals surface area contributed by atoms with Crippen molar-refractivity contribution in [2.45, 2.75) is 25.9 Å². The van der Waals surface area contributed by atoms with Crippen LogP contribution in [0.4, 0.5) is 0 Å². The van der Waals surface area contributed by atoms with Crippen LogP contribution in [0.15, 0.2) is 12.5 Å². The minimum atomic E-state index is 0.471. The number of rotatable bonds is 5. The Bertz CT molecular complexity index is 195. The van der Waals surface area contributed by atoms with Crippen molar-refractivity contribution in [3.63, 3.8) is 0 Å². The molecule has 12 heavy (non-hydrogen) atoms. The predicted molar refractivity (Wildman–Crippen MR) is 48.6 cm³/mol. The lowest BCUT2D eigenvalue weighted by molar-refractivity contribution is 0.516. The molecule has 4 heteroatoms. The molecule has 0 saturated heterocycles. The summed E-state index contributed by atoms with van der Waals surface area (Å²) in [5, 5.41) is 3.33. The highest BCUT2D eigenvalue weighted by molar-refractivity contribution is 4.93. The average Bonchev–Trinajstić information content (AvgIpc) is 2.53. The summed E-state index contributed by atoms with van der Waals surface area (Å²) < 4.78 is 0. The summed E-state index contributed by atoms with van der Waals surface area (Å²) in [5.41, 5.74) is 6.53. The fourth-order valence-electron chi connectivity index (χ4n) is 1.02. The van der Waals surface area contributed by atoms with Crippen LogP contribution in [0.2, 0.25) is 0 Å². The molecule has 1 rings (SSSR count). The highest BCUT2D eigenvalue weighted by Crippen LogP contribution is 1.93. The lowest BCUT2D eigenvalue weighted by Crippen LogP contribution is -2.27. The van der Waals surface area contributed by atoms with Gasteiger partial charge in [0.2, 0.25) is 0 Å². The fourth-order valence-corrected chi connectivity index (χ4v) is 1.02. The summed E-state index contributed by atoms with van der Waals surface area (Å²) in [7, 11) is 0. The molecule has 68 valence electrons. The molecule has 1 unspecified atom stereocenters. The van der Waals surface area contributed by atoms with E-state index in [-0.39, 0.29) is 0 Å². The van der Waals surface area contributed by atoms with Crippen LogP contribution in [0.5, 0.6) is 0 Å². The van der Waals surface area contributed by atoms with E-state index in [1.54, 1.807) is 6.33 Å². The summed E-state index contributed by atoms with van der Waals surface area (Å²) >= 11 is 0. The maximum atomic E-state index is 5.42. The zero-order valence-electron chi connectivity index (χ0n) is 7.38. The van der Waals surface area contributed by atoms with Gasteiger partial charge in [-0.3, -0.25) is 0 Å². The minimum Gasteiger partial charge on any atom is -0.347 e. The molecule has 1 atom stereocenters. The van der Waals surface area contributed by atoms with Gasteiger partial charge in [0, 0.05) is 24.5 Å². The molecule has 0 aromatic carbocycles. The molecule has 0 aliphatic rings. The first-order valence-corrected chi connectivity index (χ1v) is 4.23. The van der Waals surface area contributed by atoms with Crippen LogP contribution in [0.25, 0.3) is 0 Å². The van der Waals surface area contributed by atoms with E-state index in [9.17, 15) is 0 Å². The summed E-state index contributed by atoms with van der Waals surface area (Å²) in [6.07, 6.45) is 4.51. The topological polar surface area (TPSA) is 66.7 Å². The summed E-state index contributed by atoms with van der Waals surface area (Å²) in [4.78, 5) is 6.96. The van der Waals surface area contributed by atoms with Crippen molar-refractivity contribution >= 4 is 0 Å². The SMILES string of the molecule is CC(CCN)NCc1cnc[nH]1. The van der Waals surface area contributed by atoms with Crippen LogP contribution in [0, 0.1) is 0 Å². The average molecular weight is 168 g/mol. The van der Waals surface area contributed by atoms with Crippen molar-refractivity contribution in [1.82, 2.24) is 15.3 Å². The Morgan fingerprint density at radius 1 is 1.75 bits per heavy atom. The molecule has 0 amide bonds. The predicted octanol–water partition coefficient (Wildman–Crippen LogP) is 0.237. The molecule has 1 heterocycles. The van der Waals surface area contributed by atoms with Gasteiger partial charge < -0.3 is 16.0 Å². The van der Waals surface area contributed by atoms with Crippen LogP contribution < -0.4 is 11.1 Å². The smallest absolute Gasteiger partial charge is 0.0922 e. The van der Waals surface area contributed by atoms with Crippen LogP contribution in [0.1, 0.15) is 19.0 Å². The van der Waals surface area contributed by atoms with Gasteiger partial charge in [0.1, 0.15) is 0 Å². The van der Waals surface area contributed by atoms with Crippen LogP contribution in [-0.4, -0.2) is 22.6 Å². The third-order valence-corrected chi connectivity index (χ3v) is 1.80. The van der Waals surface area contributed by atoms with E-state index in [1.807, 2.05) is 6.20 Å². The lowest BCUT2D eigenvalue weighted by Gasteiger charge is -2.10.